The molecule has 0 amide bonds. The minimum atomic E-state index is 0.181. The summed E-state index contributed by atoms with van der Waals surface area (Å²) in [6.45, 7) is 1.45. The maximum absolute atomic E-state index is 6.03. The molecule has 1 fully saturated rings. The van der Waals surface area contributed by atoms with Crippen molar-refractivity contribution in [3.05, 3.63) is 48.8 Å². The van der Waals surface area contributed by atoms with Crippen LogP contribution < -0.4 is 10.5 Å². The van der Waals surface area contributed by atoms with Gasteiger partial charge in [0.1, 0.15) is 5.75 Å². The van der Waals surface area contributed by atoms with Gasteiger partial charge in [0, 0.05) is 24.4 Å². The Labute approximate surface area is 132 Å². The van der Waals surface area contributed by atoms with E-state index in [-0.39, 0.29) is 5.41 Å². The monoisotopic (exact) mass is 296 g/mol. The van der Waals surface area contributed by atoms with Gasteiger partial charge in [0.15, 0.2) is 0 Å². The molecule has 1 aliphatic rings. The fourth-order valence-corrected chi connectivity index (χ4v) is 3.22. The molecule has 3 nitrogen and oxygen atoms in total. The van der Waals surface area contributed by atoms with Crippen LogP contribution in [-0.4, -0.2) is 18.1 Å². The van der Waals surface area contributed by atoms with E-state index in [1.165, 1.54) is 32.1 Å². The Bertz CT molecular complexity index is 574. The highest BCUT2D eigenvalue weighted by Crippen LogP contribution is 2.36. The van der Waals surface area contributed by atoms with Crippen molar-refractivity contribution in [1.82, 2.24) is 4.98 Å². The predicted molar refractivity (Wildman–Crippen MR) is 89.7 cm³/mol. The van der Waals surface area contributed by atoms with Gasteiger partial charge in [-0.2, -0.15) is 0 Å². The van der Waals surface area contributed by atoms with E-state index in [1.807, 2.05) is 24.4 Å². The molecule has 0 aliphatic heterocycles. The Hall–Kier alpha value is -1.87. The summed E-state index contributed by atoms with van der Waals surface area (Å²) in [4.78, 5) is 4.16. The topological polar surface area (TPSA) is 48.1 Å². The molecule has 0 saturated heterocycles. The Morgan fingerprint density at radius 1 is 1.00 bits per heavy atom. The second kappa shape index (κ2) is 6.93. The molecular formula is C19H24N2O. The molecule has 0 atom stereocenters. The van der Waals surface area contributed by atoms with E-state index in [2.05, 4.69) is 23.2 Å². The molecule has 116 valence electrons. The van der Waals surface area contributed by atoms with Gasteiger partial charge < -0.3 is 10.5 Å². The number of rotatable bonds is 5. The summed E-state index contributed by atoms with van der Waals surface area (Å²) in [6, 6.07) is 12.3. The van der Waals surface area contributed by atoms with Crippen molar-refractivity contribution in [2.75, 3.05) is 13.2 Å². The third kappa shape index (κ3) is 3.47. The lowest BCUT2D eigenvalue weighted by Gasteiger charge is -2.35. The smallest absolute Gasteiger partial charge is 0.119 e. The molecule has 3 rings (SSSR count). The average Bonchev–Trinajstić information content (AvgIpc) is 2.62. The molecule has 1 heterocycles. The van der Waals surface area contributed by atoms with E-state index in [9.17, 15) is 0 Å². The number of nitrogens with zero attached hydrogens (tertiary/aromatic N) is 1. The average molecular weight is 296 g/mol. The number of ether oxygens (including phenoxy) is 1. The first-order valence-electron chi connectivity index (χ1n) is 8.15. The first kappa shape index (κ1) is 15.0. The number of benzene rings is 1. The van der Waals surface area contributed by atoms with Gasteiger partial charge in [-0.1, -0.05) is 37.5 Å². The van der Waals surface area contributed by atoms with Crippen molar-refractivity contribution in [2.45, 2.75) is 32.1 Å². The van der Waals surface area contributed by atoms with E-state index in [0.717, 1.165) is 30.0 Å². The molecule has 0 spiro atoms. The summed E-state index contributed by atoms with van der Waals surface area (Å²) in [5.74, 6) is 0.922. The standard InChI is InChI=1S/C19H24N2O/c20-14-19(10-2-1-3-11-19)15-22-18-8-6-16(7-9-18)17-5-4-12-21-13-17/h4-9,12-13H,1-3,10-11,14-15,20H2. The van der Waals surface area contributed by atoms with Crippen LogP contribution in [0.15, 0.2) is 48.8 Å². The summed E-state index contributed by atoms with van der Waals surface area (Å²) in [7, 11) is 0. The van der Waals surface area contributed by atoms with Crippen molar-refractivity contribution < 1.29 is 4.74 Å². The Kier molecular flexibility index (Phi) is 4.74. The second-order valence-electron chi connectivity index (χ2n) is 6.32. The van der Waals surface area contributed by atoms with E-state index >= 15 is 0 Å². The van der Waals surface area contributed by atoms with Crippen molar-refractivity contribution in [2.24, 2.45) is 11.1 Å². The maximum atomic E-state index is 6.03. The third-order valence-electron chi connectivity index (χ3n) is 4.74. The highest BCUT2D eigenvalue weighted by Gasteiger charge is 2.31. The first-order valence-corrected chi connectivity index (χ1v) is 8.15. The minimum Gasteiger partial charge on any atom is -0.493 e. The van der Waals surface area contributed by atoms with Gasteiger partial charge in [0.25, 0.3) is 0 Å². The zero-order valence-electron chi connectivity index (χ0n) is 13.0. The van der Waals surface area contributed by atoms with Crippen LogP contribution in [0, 0.1) is 5.41 Å². The molecule has 0 radical (unpaired) electrons. The minimum absolute atomic E-state index is 0.181. The summed E-state index contributed by atoms with van der Waals surface area (Å²) in [6.07, 6.45) is 9.94. The van der Waals surface area contributed by atoms with Gasteiger partial charge in [-0.05, 0) is 42.2 Å². The lowest BCUT2D eigenvalue weighted by Crippen LogP contribution is -2.38. The van der Waals surface area contributed by atoms with Crippen LogP contribution in [0.25, 0.3) is 11.1 Å². The summed E-state index contributed by atoms with van der Waals surface area (Å²) < 4.78 is 6.03. The number of nitrogens with two attached hydrogens (primary N) is 1. The highest BCUT2D eigenvalue weighted by atomic mass is 16.5. The van der Waals surface area contributed by atoms with Crippen molar-refractivity contribution in [3.8, 4) is 16.9 Å². The molecule has 1 aliphatic carbocycles. The SMILES string of the molecule is NCC1(COc2ccc(-c3cccnc3)cc2)CCCCC1. The predicted octanol–water partition coefficient (Wildman–Crippen LogP) is 4.04. The molecule has 3 heteroatoms. The van der Waals surface area contributed by atoms with Crippen LogP contribution in [-0.2, 0) is 0 Å². The quantitative estimate of drug-likeness (QED) is 0.906. The van der Waals surface area contributed by atoms with Gasteiger partial charge in [-0.25, -0.2) is 0 Å². The molecule has 0 bridgehead atoms. The Morgan fingerprint density at radius 3 is 2.41 bits per heavy atom. The number of pyridine rings is 1. The Balaban J connectivity index is 1.64. The van der Waals surface area contributed by atoms with Crippen LogP contribution in [0.3, 0.4) is 0 Å². The number of hydrogen-bond acceptors (Lipinski definition) is 3. The van der Waals surface area contributed by atoms with Gasteiger partial charge in [0.2, 0.25) is 0 Å². The zero-order valence-corrected chi connectivity index (χ0v) is 13.0. The number of hydrogen-bond donors (Lipinski definition) is 1. The zero-order chi connectivity index (χ0) is 15.3. The normalized spacial score (nSPS) is 17.1. The van der Waals surface area contributed by atoms with E-state index in [1.54, 1.807) is 6.20 Å². The fourth-order valence-electron chi connectivity index (χ4n) is 3.22. The molecular weight excluding hydrogens is 272 g/mol. The van der Waals surface area contributed by atoms with Crippen molar-refractivity contribution in [1.29, 1.82) is 0 Å². The van der Waals surface area contributed by atoms with E-state index < -0.39 is 0 Å². The molecule has 1 aromatic carbocycles. The number of aromatic nitrogens is 1. The lowest BCUT2D eigenvalue weighted by molar-refractivity contribution is 0.105. The van der Waals surface area contributed by atoms with E-state index in [0.29, 0.717) is 0 Å². The van der Waals surface area contributed by atoms with Crippen LogP contribution >= 0.6 is 0 Å². The summed E-state index contributed by atoms with van der Waals surface area (Å²) >= 11 is 0. The largest absolute Gasteiger partial charge is 0.493 e. The van der Waals surface area contributed by atoms with Crippen molar-refractivity contribution >= 4 is 0 Å². The van der Waals surface area contributed by atoms with E-state index in [4.69, 9.17) is 10.5 Å². The van der Waals surface area contributed by atoms with Crippen LogP contribution in [0.5, 0.6) is 5.75 Å². The second-order valence-corrected chi connectivity index (χ2v) is 6.32. The van der Waals surface area contributed by atoms with Gasteiger partial charge in [-0.15, -0.1) is 0 Å². The summed E-state index contributed by atoms with van der Waals surface area (Å²) in [5, 5.41) is 0. The molecule has 22 heavy (non-hydrogen) atoms. The molecule has 1 saturated carbocycles. The molecule has 2 aromatic rings. The van der Waals surface area contributed by atoms with Gasteiger partial charge >= 0.3 is 0 Å². The highest BCUT2D eigenvalue weighted by molar-refractivity contribution is 5.62. The van der Waals surface area contributed by atoms with Gasteiger partial charge in [0.05, 0.1) is 6.61 Å². The van der Waals surface area contributed by atoms with Gasteiger partial charge in [-0.3, -0.25) is 4.98 Å². The molecule has 1 aromatic heterocycles. The maximum Gasteiger partial charge on any atom is 0.119 e. The first-order chi connectivity index (χ1) is 10.8. The fraction of sp³-hybridized carbons (Fsp3) is 0.421. The molecule has 2 N–H and O–H groups in total. The third-order valence-corrected chi connectivity index (χ3v) is 4.74. The van der Waals surface area contributed by atoms with Crippen LogP contribution in [0.1, 0.15) is 32.1 Å². The van der Waals surface area contributed by atoms with Crippen molar-refractivity contribution in [3.63, 3.8) is 0 Å². The lowest BCUT2D eigenvalue weighted by atomic mass is 9.75. The van der Waals surface area contributed by atoms with Crippen LogP contribution in [0.4, 0.5) is 0 Å². The van der Waals surface area contributed by atoms with Crippen LogP contribution in [0.2, 0.25) is 0 Å². The molecule has 0 unspecified atom stereocenters. The summed E-state index contributed by atoms with van der Waals surface area (Å²) in [5.41, 5.74) is 8.48. The Morgan fingerprint density at radius 2 is 1.77 bits per heavy atom.